The minimum Gasteiger partial charge on any atom is -0.228 e. The van der Waals surface area contributed by atoms with Crippen LogP contribution in [0.25, 0.3) is 56.2 Å². The molecule has 0 unspecified atom stereocenters. The molecule has 3 heteroatoms. The van der Waals surface area contributed by atoms with E-state index >= 15 is 0 Å². The van der Waals surface area contributed by atoms with Crippen LogP contribution in [0.3, 0.4) is 0 Å². The van der Waals surface area contributed by atoms with E-state index in [9.17, 15) is 0 Å². The van der Waals surface area contributed by atoms with Crippen molar-refractivity contribution >= 4 is 15.9 Å². The fourth-order valence-electron chi connectivity index (χ4n) is 4.45. The number of aromatic nitrogens is 2. The number of nitrogens with zero attached hydrogens (tertiary/aromatic N) is 2. The highest BCUT2D eigenvalue weighted by Gasteiger charge is 2.12. The number of hydrogen-bond donors (Lipinski definition) is 0. The lowest BCUT2D eigenvalue weighted by atomic mass is 10.0. The van der Waals surface area contributed by atoms with Gasteiger partial charge < -0.3 is 0 Å². The van der Waals surface area contributed by atoms with Gasteiger partial charge in [0.2, 0.25) is 0 Å². The highest BCUT2D eigenvalue weighted by atomic mass is 79.9. The number of rotatable bonds is 5. The Balaban J connectivity index is 1.45. The van der Waals surface area contributed by atoms with Gasteiger partial charge in [-0.25, -0.2) is 9.97 Å². The second-order valence-electron chi connectivity index (χ2n) is 8.86. The van der Waals surface area contributed by atoms with Gasteiger partial charge in [-0.15, -0.1) is 0 Å². The van der Waals surface area contributed by atoms with Gasteiger partial charge in [0, 0.05) is 21.2 Å². The Bertz CT molecular complexity index is 1660. The van der Waals surface area contributed by atoms with Gasteiger partial charge in [0.05, 0.1) is 11.4 Å². The van der Waals surface area contributed by atoms with Crippen LogP contribution in [0.2, 0.25) is 0 Å². The normalized spacial score (nSPS) is 10.8. The van der Waals surface area contributed by atoms with Gasteiger partial charge in [-0.2, -0.15) is 0 Å². The molecule has 0 aliphatic heterocycles. The van der Waals surface area contributed by atoms with E-state index in [1.807, 2.05) is 30.3 Å². The first-order valence-corrected chi connectivity index (χ1v) is 13.0. The first-order chi connectivity index (χ1) is 18.2. The summed E-state index contributed by atoms with van der Waals surface area (Å²) in [5.74, 6) is 0.712. The molecule has 0 bridgehead atoms. The van der Waals surface area contributed by atoms with Crippen molar-refractivity contribution in [1.82, 2.24) is 9.97 Å². The maximum Gasteiger partial charge on any atom is 0.160 e. The van der Waals surface area contributed by atoms with E-state index in [2.05, 4.69) is 125 Å². The van der Waals surface area contributed by atoms with Crippen molar-refractivity contribution < 1.29 is 0 Å². The van der Waals surface area contributed by atoms with E-state index in [-0.39, 0.29) is 0 Å². The zero-order valence-corrected chi connectivity index (χ0v) is 21.6. The Hall–Kier alpha value is -4.34. The summed E-state index contributed by atoms with van der Waals surface area (Å²) in [6.07, 6.45) is 0. The molecular formula is C34H23BrN2. The molecule has 0 atom stereocenters. The summed E-state index contributed by atoms with van der Waals surface area (Å²) >= 11 is 3.59. The third-order valence-electron chi connectivity index (χ3n) is 6.36. The molecule has 0 spiro atoms. The van der Waals surface area contributed by atoms with Gasteiger partial charge in [-0.1, -0.05) is 131 Å². The quantitative estimate of drug-likeness (QED) is 0.218. The molecule has 176 valence electrons. The Morgan fingerprint density at radius 1 is 0.351 bits per heavy atom. The van der Waals surface area contributed by atoms with Crippen molar-refractivity contribution in [2.45, 2.75) is 0 Å². The molecule has 2 nitrogen and oxygen atoms in total. The lowest BCUT2D eigenvalue weighted by Gasteiger charge is -2.11. The maximum atomic E-state index is 5.03. The summed E-state index contributed by atoms with van der Waals surface area (Å²) < 4.78 is 1.06. The van der Waals surface area contributed by atoms with Crippen LogP contribution < -0.4 is 0 Å². The molecule has 6 rings (SSSR count). The first-order valence-electron chi connectivity index (χ1n) is 12.2. The number of benzene rings is 5. The van der Waals surface area contributed by atoms with E-state index in [4.69, 9.17) is 9.97 Å². The average molecular weight is 539 g/mol. The molecule has 1 aromatic heterocycles. The summed E-state index contributed by atoms with van der Waals surface area (Å²) in [5.41, 5.74) is 9.58. The number of halogens is 1. The van der Waals surface area contributed by atoms with Crippen LogP contribution in [-0.4, -0.2) is 9.97 Å². The van der Waals surface area contributed by atoms with Crippen LogP contribution in [0.1, 0.15) is 0 Å². The standard InChI is InChI=1S/C34H23BrN2/c35-31-16-8-14-29(22-31)28-13-7-15-30(21-28)33-23-32(26-11-5-2-6-12-26)36-34(37-33)27-19-17-25(18-20-27)24-9-3-1-4-10-24/h1-23H. The maximum absolute atomic E-state index is 5.03. The molecular weight excluding hydrogens is 516 g/mol. The lowest BCUT2D eigenvalue weighted by molar-refractivity contribution is 1.18. The highest BCUT2D eigenvalue weighted by molar-refractivity contribution is 9.10. The third-order valence-corrected chi connectivity index (χ3v) is 6.86. The van der Waals surface area contributed by atoms with E-state index in [0.717, 1.165) is 43.7 Å². The van der Waals surface area contributed by atoms with Gasteiger partial charge in [0.25, 0.3) is 0 Å². The Labute approximate surface area is 225 Å². The van der Waals surface area contributed by atoms with Gasteiger partial charge >= 0.3 is 0 Å². The van der Waals surface area contributed by atoms with Gasteiger partial charge in [-0.05, 0) is 46.5 Å². The van der Waals surface area contributed by atoms with Crippen LogP contribution in [0.5, 0.6) is 0 Å². The third kappa shape index (κ3) is 5.13. The summed E-state index contributed by atoms with van der Waals surface area (Å²) in [5, 5.41) is 0. The van der Waals surface area contributed by atoms with Crippen molar-refractivity contribution in [2.24, 2.45) is 0 Å². The van der Waals surface area contributed by atoms with E-state index in [0.29, 0.717) is 5.82 Å². The molecule has 5 aromatic carbocycles. The van der Waals surface area contributed by atoms with Crippen LogP contribution in [0, 0.1) is 0 Å². The van der Waals surface area contributed by atoms with Gasteiger partial charge in [0.15, 0.2) is 5.82 Å². The highest BCUT2D eigenvalue weighted by Crippen LogP contribution is 2.31. The molecule has 0 radical (unpaired) electrons. The molecule has 0 saturated heterocycles. The van der Waals surface area contributed by atoms with Crippen molar-refractivity contribution in [3.8, 4) is 56.2 Å². The minimum absolute atomic E-state index is 0.712. The average Bonchev–Trinajstić information content (AvgIpc) is 2.98. The second-order valence-corrected chi connectivity index (χ2v) is 9.78. The summed E-state index contributed by atoms with van der Waals surface area (Å²) in [6, 6.07) is 48.1. The molecule has 0 saturated carbocycles. The SMILES string of the molecule is Brc1cccc(-c2cccc(-c3cc(-c4ccccc4)nc(-c4ccc(-c5ccccc5)cc4)n3)c2)c1. The summed E-state index contributed by atoms with van der Waals surface area (Å²) in [4.78, 5) is 10.0. The van der Waals surface area contributed by atoms with Crippen molar-refractivity contribution in [3.63, 3.8) is 0 Å². The summed E-state index contributed by atoms with van der Waals surface area (Å²) in [7, 11) is 0. The van der Waals surface area contributed by atoms with Crippen LogP contribution >= 0.6 is 15.9 Å². The molecule has 6 aromatic rings. The summed E-state index contributed by atoms with van der Waals surface area (Å²) in [6.45, 7) is 0. The monoisotopic (exact) mass is 538 g/mol. The molecule has 1 heterocycles. The van der Waals surface area contributed by atoms with E-state index in [1.54, 1.807) is 0 Å². The molecule has 0 amide bonds. The second kappa shape index (κ2) is 10.3. The minimum atomic E-state index is 0.712. The molecule has 0 N–H and O–H groups in total. The topological polar surface area (TPSA) is 25.8 Å². The van der Waals surface area contributed by atoms with Gasteiger partial charge in [-0.3, -0.25) is 0 Å². The zero-order valence-electron chi connectivity index (χ0n) is 20.1. The zero-order chi connectivity index (χ0) is 25.0. The van der Waals surface area contributed by atoms with Crippen molar-refractivity contribution in [3.05, 3.63) is 144 Å². The van der Waals surface area contributed by atoms with Crippen molar-refractivity contribution in [1.29, 1.82) is 0 Å². The Morgan fingerprint density at radius 3 is 1.51 bits per heavy atom. The Morgan fingerprint density at radius 2 is 0.838 bits per heavy atom. The van der Waals surface area contributed by atoms with Crippen LogP contribution in [-0.2, 0) is 0 Å². The smallest absolute Gasteiger partial charge is 0.160 e. The van der Waals surface area contributed by atoms with Crippen LogP contribution in [0.4, 0.5) is 0 Å². The largest absolute Gasteiger partial charge is 0.228 e. The van der Waals surface area contributed by atoms with E-state index in [1.165, 1.54) is 11.1 Å². The predicted octanol–water partition coefficient (Wildman–Crippen LogP) is 9.57. The fraction of sp³-hybridized carbons (Fsp3) is 0. The van der Waals surface area contributed by atoms with Crippen LogP contribution in [0.15, 0.2) is 144 Å². The molecule has 0 fully saturated rings. The van der Waals surface area contributed by atoms with E-state index < -0.39 is 0 Å². The lowest BCUT2D eigenvalue weighted by Crippen LogP contribution is -1.96. The fourth-order valence-corrected chi connectivity index (χ4v) is 4.85. The van der Waals surface area contributed by atoms with Crippen molar-refractivity contribution in [2.75, 3.05) is 0 Å². The molecule has 0 aliphatic rings. The Kier molecular flexibility index (Phi) is 6.45. The predicted molar refractivity (Wildman–Crippen MR) is 157 cm³/mol. The molecule has 0 aliphatic carbocycles. The number of hydrogen-bond acceptors (Lipinski definition) is 2. The first kappa shape index (κ1) is 23.1. The van der Waals surface area contributed by atoms with Gasteiger partial charge in [0.1, 0.15) is 0 Å². The molecule has 37 heavy (non-hydrogen) atoms.